The van der Waals surface area contributed by atoms with Gasteiger partial charge in [-0.1, -0.05) is 6.92 Å². The molecule has 0 spiro atoms. The van der Waals surface area contributed by atoms with Crippen LogP contribution in [0, 0.1) is 5.92 Å². The van der Waals surface area contributed by atoms with E-state index in [4.69, 9.17) is 10.5 Å². The Balaban J connectivity index is 2.10. The van der Waals surface area contributed by atoms with E-state index in [1.165, 1.54) is 0 Å². The molecule has 1 aromatic carbocycles. The third-order valence-corrected chi connectivity index (χ3v) is 2.79. The number of nitrogens with two attached hydrogens (primary N) is 1. The normalized spacial score (nSPS) is 18.5. The van der Waals surface area contributed by atoms with Gasteiger partial charge in [0.1, 0.15) is 5.75 Å². The molecule has 1 unspecified atom stereocenters. The molecule has 6 nitrogen and oxygen atoms in total. The Morgan fingerprint density at radius 1 is 1.47 bits per heavy atom. The van der Waals surface area contributed by atoms with Crippen LogP contribution in [0.15, 0.2) is 29.4 Å². The number of nitrogens with zero attached hydrogens (tertiary/aromatic N) is 1. The minimum atomic E-state index is -0.517. The fraction of sp³-hybridized carbons (Fsp3) is 0.308. The minimum Gasteiger partial charge on any atom is -0.484 e. The second-order valence-corrected chi connectivity index (χ2v) is 4.42. The fourth-order valence-electron chi connectivity index (χ4n) is 1.88. The van der Waals surface area contributed by atoms with Gasteiger partial charge in [0, 0.05) is 12.3 Å². The molecule has 0 fully saturated rings. The molecule has 1 aliphatic heterocycles. The lowest BCUT2D eigenvalue weighted by atomic mass is 9.94. The molecule has 19 heavy (non-hydrogen) atoms. The zero-order chi connectivity index (χ0) is 13.8. The first-order valence-electron chi connectivity index (χ1n) is 5.94. The molecule has 0 saturated carbocycles. The Hall–Kier alpha value is -2.37. The average Bonchev–Trinajstić information content (AvgIpc) is 2.37. The Kier molecular flexibility index (Phi) is 3.79. The van der Waals surface area contributed by atoms with Crippen molar-refractivity contribution in [3.05, 3.63) is 29.8 Å². The quantitative estimate of drug-likeness (QED) is 0.822. The first-order valence-corrected chi connectivity index (χ1v) is 5.94. The van der Waals surface area contributed by atoms with Crippen LogP contribution in [0.25, 0.3) is 0 Å². The Labute approximate surface area is 110 Å². The number of hydrogen-bond donors (Lipinski definition) is 2. The van der Waals surface area contributed by atoms with E-state index in [2.05, 4.69) is 10.5 Å². The molecule has 0 aromatic heterocycles. The van der Waals surface area contributed by atoms with E-state index < -0.39 is 5.91 Å². The van der Waals surface area contributed by atoms with Crippen LogP contribution < -0.4 is 15.9 Å². The summed E-state index contributed by atoms with van der Waals surface area (Å²) < 4.78 is 5.17. The standard InChI is InChI=1S/C13H15N3O3/c1-8-6-12(18)15-16-13(8)9-2-4-10(5-3-9)19-7-11(14)17/h2-5,8H,6-7H2,1H3,(H2,14,17)(H,15,18). The second kappa shape index (κ2) is 5.51. The minimum absolute atomic E-state index is 0.0716. The maximum atomic E-state index is 11.2. The van der Waals surface area contributed by atoms with E-state index in [9.17, 15) is 9.59 Å². The second-order valence-electron chi connectivity index (χ2n) is 4.42. The van der Waals surface area contributed by atoms with Gasteiger partial charge in [-0.3, -0.25) is 9.59 Å². The van der Waals surface area contributed by atoms with Gasteiger partial charge in [0.15, 0.2) is 6.61 Å². The monoisotopic (exact) mass is 261 g/mol. The number of carbonyl (C=O) groups is 2. The van der Waals surface area contributed by atoms with E-state index in [0.717, 1.165) is 11.3 Å². The summed E-state index contributed by atoms with van der Waals surface area (Å²) in [5.41, 5.74) is 9.22. The first-order chi connectivity index (χ1) is 9.06. The number of benzene rings is 1. The number of rotatable bonds is 4. The van der Waals surface area contributed by atoms with Crippen LogP contribution in [0.1, 0.15) is 18.9 Å². The highest BCUT2D eigenvalue weighted by Gasteiger charge is 2.21. The summed E-state index contributed by atoms with van der Waals surface area (Å²) in [5, 5.41) is 4.07. The van der Waals surface area contributed by atoms with E-state index in [0.29, 0.717) is 12.2 Å². The molecule has 6 heteroatoms. The highest BCUT2D eigenvalue weighted by atomic mass is 16.5. The Morgan fingerprint density at radius 2 is 2.16 bits per heavy atom. The maximum absolute atomic E-state index is 11.2. The van der Waals surface area contributed by atoms with E-state index in [1.807, 2.05) is 19.1 Å². The third-order valence-electron chi connectivity index (χ3n) is 2.79. The molecule has 3 N–H and O–H groups in total. The molecule has 1 atom stereocenters. The van der Waals surface area contributed by atoms with E-state index >= 15 is 0 Å². The lowest BCUT2D eigenvalue weighted by Gasteiger charge is -2.19. The van der Waals surface area contributed by atoms with Crippen molar-refractivity contribution in [1.82, 2.24) is 5.43 Å². The van der Waals surface area contributed by atoms with Gasteiger partial charge in [-0.25, -0.2) is 5.43 Å². The van der Waals surface area contributed by atoms with Crippen molar-refractivity contribution in [3.8, 4) is 5.75 Å². The molecule has 0 bridgehead atoms. The van der Waals surface area contributed by atoms with Crippen LogP contribution in [0.2, 0.25) is 0 Å². The molecule has 100 valence electrons. The summed E-state index contributed by atoms with van der Waals surface area (Å²) in [6, 6.07) is 7.15. The van der Waals surface area contributed by atoms with Gasteiger partial charge in [-0.05, 0) is 29.8 Å². The van der Waals surface area contributed by atoms with Crippen molar-refractivity contribution in [3.63, 3.8) is 0 Å². The van der Waals surface area contributed by atoms with Gasteiger partial charge < -0.3 is 10.5 Å². The number of hydrogen-bond acceptors (Lipinski definition) is 4. The summed E-state index contributed by atoms with van der Waals surface area (Å²) in [6.45, 7) is 1.81. The summed E-state index contributed by atoms with van der Waals surface area (Å²) in [5.74, 6) is 0.0523. The van der Waals surface area contributed by atoms with Crippen LogP contribution in [0.3, 0.4) is 0 Å². The fourth-order valence-corrected chi connectivity index (χ4v) is 1.88. The van der Waals surface area contributed by atoms with E-state index in [1.54, 1.807) is 12.1 Å². The summed E-state index contributed by atoms with van der Waals surface area (Å²) in [4.78, 5) is 21.8. The molecule has 0 radical (unpaired) electrons. The third kappa shape index (κ3) is 3.31. The lowest BCUT2D eigenvalue weighted by Crippen LogP contribution is -2.31. The lowest BCUT2D eigenvalue weighted by molar-refractivity contribution is -0.122. The molecule has 2 rings (SSSR count). The van der Waals surface area contributed by atoms with Gasteiger partial charge in [0.2, 0.25) is 5.91 Å². The highest BCUT2D eigenvalue weighted by molar-refractivity contribution is 6.05. The topological polar surface area (TPSA) is 93.8 Å². The molecule has 0 saturated heterocycles. The molecular weight excluding hydrogens is 246 g/mol. The molecule has 2 amide bonds. The number of primary amides is 1. The molecule has 1 aromatic rings. The van der Waals surface area contributed by atoms with Gasteiger partial charge in [-0.2, -0.15) is 5.10 Å². The predicted octanol–water partition coefficient (Wildman–Crippen LogP) is 0.411. The van der Waals surface area contributed by atoms with Crippen molar-refractivity contribution in [2.75, 3.05) is 6.61 Å². The smallest absolute Gasteiger partial charge is 0.255 e. The van der Waals surface area contributed by atoms with Gasteiger partial charge >= 0.3 is 0 Å². The van der Waals surface area contributed by atoms with Crippen molar-refractivity contribution >= 4 is 17.5 Å². The number of nitrogens with one attached hydrogen (secondary N) is 1. The summed E-state index contributed by atoms with van der Waals surface area (Å²) >= 11 is 0. The van der Waals surface area contributed by atoms with Crippen LogP contribution >= 0.6 is 0 Å². The Morgan fingerprint density at radius 3 is 2.74 bits per heavy atom. The summed E-state index contributed by atoms with van der Waals surface area (Å²) in [7, 11) is 0. The van der Waals surface area contributed by atoms with E-state index in [-0.39, 0.29) is 18.4 Å². The molecule has 1 aliphatic rings. The number of carbonyl (C=O) groups excluding carboxylic acids is 2. The van der Waals surface area contributed by atoms with Crippen LogP contribution in [-0.2, 0) is 9.59 Å². The number of amides is 2. The van der Waals surface area contributed by atoms with Crippen LogP contribution in [-0.4, -0.2) is 24.1 Å². The predicted molar refractivity (Wildman–Crippen MR) is 69.6 cm³/mol. The molecule has 0 aliphatic carbocycles. The largest absolute Gasteiger partial charge is 0.484 e. The highest BCUT2D eigenvalue weighted by Crippen LogP contribution is 2.19. The number of ether oxygens (including phenoxy) is 1. The van der Waals surface area contributed by atoms with Crippen LogP contribution in [0.4, 0.5) is 0 Å². The maximum Gasteiger partial charge on any atom is 0.255 e. The molecule has 1 heterocycles. The molecular formula is C13H15N3O3. The van der Waals surface area contributed by atoms with Gasteiger partial charge in [0.05, 0.1) is 5.71 Å². The van der Waals surface area contributed by atoms with Crippen molar-refractivity contribution in [2.24, 2.45) is 16.8 Å². The first kappa shape index (κ1) is 13.1. The SMILES string of the molecule is CC1CC(=O)NN=C1c1ccc(OCC(N)=O)cc1. The van der Waals surface area contributed by atoms with Crippen molar-refractivity contribution < 1.29 is 14.3 Å². The van der Waals surface area contributed by atoms with Gasteiger partial charge in [-0.15, -0.1) is 0 Å². The van der Waals surface area contributed by atoms with Crippen molar-refractivity contribution in [2.45, 2.75) is 13.3 Å². The van der Waals surface area contributed by atoms with Crippen molar-refractivity contribution in [1.29, 1.82) is 0 Å². The van der Waals surface area contributed by atoms with Gasteiger partial charge in [0.25, 0.3) is 5.91 Å². The Bertz CT molecular complexity index is 522. The van der Waals surface area contributed by atoms with Crippen LogP contribution in [0.5, 0.6) is 5.75 Å². The summed E-state index contributed by atoms with van der Waals surface area (Å²) in [6.07, 6.45) is 0.429. The number of hydrazone groups is 1. The zero-order valence-corrected chi connectivity index (χ0v) is 10.6. The zero-order valence-electron chi connectivity index (χ0n) is 10.6. The average molecular weight is 261 g/mol.